The lowest BCUT2D eigenvalue weighted by molar-refractivity contribution is -0.145. The molecule has 1 aromatic rings. The molecule has 1 N–H and O–H groups in total. The van der Waals surface area contributed by atoms with E-state index >= 15 is 0 Å². The minimum Gasteiger partial charge on any atom is -0.444 e. The fourth-order valence-corrected chi connectivity index (χ4v) is 4.44. The zero-order valence-electron chi connectivity index (χ0n) is 24.4. The van der Waals surface area contributed by atoms with Crippen molar-refractivity contribution in [1.29, 1.82) is 0 Å². The number of hydrogen-bond acceptors (Lipinski definition) is 5. The Balaban J connectivity index is 0.00000177. The van der Waals surface area contributed by atoms with Crippen LogP contribution in [-0.4, -0.2) is 78.7 Å². The van der Waals surface area contributed by atoms with Crippen molar-refractivity contribution in [1.82, 2.24) is 15.1 Å². The summed E-state index contributed by atoms with van der Waals surface area (Å²) in [6.45, 7) is 16.5. The van der Waals surface area contributed by atoms with Crippen LogP contribution in [0.1, 0.15) is 59.9 Å². The van der Waals surface area contributed by atoms with E-state index in [2.05, 4.69) is 48.6 Å². The molecule has 0 radical (unpaired) electrons. The fraction of sp³-hybridized carbons (Fsp3) is 0.621. The highest BCUT2D eigenvalue weighted by Gasteiger charge is 2.37. The molecule has 0 bridgehead atoms. The second-order valence-corrected chi connectivity index (χ2v) is 12.5. The topological polar surface area (TPSA) is 88.2 Å². The van der Waals surface area contributed by atoms with Crippen molar-refractivity contribution < 1.29 is 23.9 Å². The Kier molecular flexibility index (Phi) is 15.1. The highest BCUT2D eigenvalue weighted by atomic mass is 79.9. The van der Waals surface area contributed by atoms with Gasteiger partial charge in [0.05, 0.1) is 19.3 Å². The van der Waals surface area contributed by atoms with Crippen LogP contribution in [0, 0.1) is 5.92 Å². The van der Waals surface area contributed by atoms with E-state index in [0.717, 1.165) is 28.8 Å². The van der Waals surface area contributed by atoms with Gasteiger partial charge in [0.25, 0.3) is 0 Å². The van der Waals surface area contributed by atoms with Crippen LogP contribution in [0.2, 0.25) is 5.02 Å². The van der Waals surface area contributed by atoms with E-state index in [1.165, 1.54) is 4.90 Å². The molecule has 1 unspecified atom stereocenters. The van der Waals surface area contributed by atoms with Crippen molar-refractivity contribution in [2.24, 2.45) is 5.92 Å². The largest absolute Gasteiger partial charge is 0.444 e. The molecule has 1 saturated heterocycles. The van der Waals surface area contributed by atoms with Gasteiger partial charge in [0.15, 0.2) is 0 Å². The Morgan fingerprint density at radius 1 is 1.28 bits per heavy atom. The van der Waals surface area contributed by atoms with E-state index in [1.54, 1.807) is 50.9 Å². The molecule has 39 heavy (non-hydrogen) atoms. The first kappa shape index (κ1) is 34.9. The number of hydrogen-bond donors (Lipinski definition) is 1. The molecule has 220 valence electrons. The quantitative estimate of drug-likeness (QED) is 0.259. The molecule has 8 nitrogen and oxygen atoms in total. The number of amides is 3. The average Bonchev–Trinajstić information content (AvgIpc) is 3.29. The van der Waals surface area contributed by atoms with E-state index in [0.29, 0.717) is 24.8 Å². The summed E-state index contributed by atoms with van der Waals surface area (Å²) in [7, 11) is 1.57. The van der Waals surface area contributed by atoms with E-state index in [4.69, 9.17) is 21.1 Å². The molecule has 2 atom stereocenters. The number of halogens is 2. The molecular weight excluding hydrogens is 586 g/mol. The molecular formula is C29H45BrClN3O5. The van der Waals surface area contributed by atoms with Crippen LogP contribution < -0.4 is 5.32 Å². The molecule has 0 spiro atoms. The fourth-order valence-electron chi connectivity index (χ4n) is 3.84. The van der Waals surface area contributed by atoms with Crippen LogP contribution in [0.15, 0.2) is 35.3 Å². The van der Waals surface area contributed by atoms with Gasteiger partial charge in [-0.15, -0.1) is 6.58 Å². The lowest BCUT2D eigenvalue weighted by Gasteiger charge is -2.34. The number of ether oxygens (including phenoxy) is 2. The predicted octanol–water partition coefficient (Wildman–Crippen LogP) is 5.85. The second kappa shape index (κ2) is 16.9. The van der Waals surface area contributed by atoms with Crippen LogP contribution in [0.5, 0.6) is 0 Å². The van der Waals surface area contributed by atoms with Crippen LogP contribution in [0.3, 0.4) is 0 Å². The molecule has 0 aromatic heterocycles. The Bertz CT molecular complexity index is 964. The SMILES string of the molecule is C=CCOCC1CCCN1C(=O)[C@H](Cc1cc(Cl)ccc1Br)N(C)C(=O)CNC(=O)OC(C)(C)C.CC(C)C. The summed E-state index contributed by atoms with van der Waals surface area (Å²) in [4.78, 5) is 42.0. The van der Waals surface area contributed by atoms with Crippen molar-refractivity contribution in [2.75, 3.05) is 33.4 Å². The summed E-state index contributed by atoms with van der Waals surface area (Å²) in [5.41, 5.74) is 0.115. The zero-order chi connectivity index (χ0) is 29.8. The van der Waals surface area contributed by atoms with E-state index < -0.39 is 23.6 Å². The van der Waals surface area contributed by atoms with Crippen LogP contribution in [0.4, 0.5) is 4.79 Å². The van der Waals surface area contributed by atoms with Crippen molar-refractivity contribution in [2.45, 2.75) is 78.5 Å². The molecule has 2 rings (SSSR count). The van der Waals surface area contributed by atoms with Crippen LogP contribution in [-0.2, 0) is 25.5 Å². The third-order valence-corrected chi connectivity index (χ3v) is 6.56. The molecule has 1 aliphatic rings. The van der Waals surface area contributed by atoms with Crippen LogP contribution >= 0.6 is 27.5 Å². The maximum atomic E-state index is 13.8. The number of carbonyl (C=O) groups excluding carboxylic acids is 3. The second-order valence-electron chi connectivity index (χ2n) is 11.2. The Hall–Kier alpha value is -2.10. The van der Waals surface area contributed by atoms with Crippen molar-refractivity contribution in [3.05, 3.63) is 45.9 Å². The first-order valence-electron chi connectivity index (χ1n) is 13.3. The van der Waals surface area contributed by atoms with Crippen molar-refractivity contribution >= 4 is 45.4 Å². The van der Waals surface area contributed by atoms with Gasteiger partial charge in [-0.1, -0.05) is 54.4 Å². The first-order chi connectivity index (χ1) is 18.2. The Morgan fingerprint density at radius 3 is 2.51 bits per heavy atom. The number of nitrogens with zero attached hydrogens (tertiary/aromatic N) is 2. The molecule has 0 aliphatic carbocycles. The third kappa shape index (κ3) is 13.2. The summed E-state index contributed by atoms with van der Waals surface area (Å²) >= 11 is 9.72. The lowest BCUT2D eigenvalue weighted by atomic mass is 10.0. The monoisotopic (exact) mass is 629 g/mol. The number of nitrogens with one attached hydrogen (secondary N) is 1. The predicted molar refractivity (Wildman–Crippen MR) is 160 cm³/mol. The Labute approximate surface area is 247 Å². The van der Waals surface area contributed by atoms with Crippen LogP contribution in [0.25, 0.3) is 0 Å². The molecule has 10 heteroatoms. The number of carbonyl (C=O) groups is 3. The maximum Gasteiger partial charge on any atom is 0.408 e. The summed E-state index contributed by atoms with van der Waals surface area (Å²) in [6, 6.07) is 4.47. The summed E-state index contributed by atoms with van der Waals surface area (Å²) in [5.74, 6) is 0.251. The molecule has 3 amide bonds. The number of benzene rings is 1. The smallest absolute Gasteiger partial charge is 0.408 e. The number of rotatable bonds is 10. The van der Waals surface area contributed by atoms with Gasteiger partial charge in [0.1, 0.15) is 18.2 Å². The van der Waals surface area contributed by atoms with Crippen molar-refractivity contribution in [3.63, 3.8) is 0 Å². The van der Waals surface area contributed by atoms with Gasteiger partial charge in [-0.2, -0.15) is 0 Å². The van der Waals surface area contributed by atoms with Crippen molar-refractivity contribution in [3.8, 4) is 0 Å². The lowest BCUT2D eigenvalue weighted by Crippen LogP contribution is -2.54. The van der Waals surface area contributed by atoms with Gasteiger partial charge in [0, 0.05) is 29.5 Å². The molecule has 1 aromatic carbocycles. The molecule has 0 saturated carbocycles. The molecule has 1 aliphatic heterocycles. The van der Waals surface area contributed by atoms with Gasteiger partial charge in [0.2, 0.25) is 11.8 Å². The standard InChI is InChI=1S/C25H35BrClN3O5.C4H10/c1-6-12-34-16-19-8-7-11-30(19)23(32)21(14-17-13-18(27)9-10-20(17)26)29(5)22(31)15-28-24(33)35-25(2,3)4;1-4(2)3/h6,9-10,13,19,21H,1,7-8,11-12,14-16H2,2-5H3,(H,28,33);4H,1-3H3/t19?,21-;/m0./s1. The van der Waals surface area contributed by atoms with E-state index in [1.807, 2.05) is 6.07 Å². The highest BCUT2D eigenvalue weighted by molar-refractivity contribution is 9.10. The van der Waals surface area contributed by atoms with Gasteiger partial charge in [-0.3, -0.25) is 9.59 Å². The molecule has 1 fully saturated rings. The van der Waals surface area contributed by atoms with Gasteiger partial charge in [-0.05, 0) is 63.3 Å². The minimum absolute atomic E-state index is 0.0730. The first-order valence-corrected chi connectivity index (χ1v) is 14.5. The summed E-state index contributed by atoms with van der Waals surface area (Å²) in [6.07, 6.45) is 2.92. The van der Waals surface area contributed by atoms with E-state index in [9.17, 15) is 14.4 Å². The number of likely N-dealkylation sites (N-methyl/N-ethyl adjacent to an activating group) is 1. The third-order valence-electron chi connectivity index (χ3n) is 5.56. The van der Waals surface area contributed by atoms with Gasteiger partial charge in [-0.25, -0.2) is 4.79 Å². The highest BCUT2D eigenvalue weighted by Crippen LogP contribution is 2.26. The number of likely N-dealkylation sites (tertiary alicyclic amines) is 1. The van der Waals surface area contributed by atoms with E-state index in [-0.39, 0.29) is 24.9 Å². The van der Waals surface area contributed by atoms with Gasteiger partial charge >= 0.3 is 6.09 Å². The summed E-state index contributed by atoms with van der Waals surface area (Å²) in [5, 5.41) is 3.01. The minimum atomic E-state index is -0.794. The Morgan fingerprint density at radius 2 is 1.92 bits per heavy atom. The zero-order valence-corrected chi connectivity index (χ0v) is 26.7. The maximum absolute atomic E-state index is 13.8. The number of alkyl carbamates (subject to hydrolysis) is 1. The normalized spacial score (nSPS) is 15.7. The molecule has 1 heterocycles. The summed E-state index contributed by atoms with van der Waals surface area (Å²) < 4.78 is 11.6. The van der Waals surface area contributed by atoms with Gasteiger partial charge < -0.3 is 24.6 Å². The average molecular weight is 631 g/mol.